The van der Waals surface area contributed by atoms with Gasteiger partial charge in [0, 0.05) is 41.7 Å². The average molecular weight is 415 g/mol. The van der Waals surface area contributed by atoms with Crippen LogP contribution in [0.5, 0.6) is 11.5 Å². The number of nitrogens with one attached hydrogen (secondary N) is 1. The monoisotopic (exact) mass is 414 g/mol. The maximum atomic E-state index is 12.9. The summed E-state index contributed by atoms with van der Waals surface area (Å²) in [6, 6.07) is 10.8. The van der Waals surface area contributed by atoms with Gasteiger partial charge in [-0.15, -0.1) is 0 Å². The summed E-state index contributed by atoms with van der Waals surface area (Å²) < 4.78 is 11.5. The Kier molecular flexibility index (Phi) is 5.37. The third kappa shape index (κ3) is 4.03. The van der Waals surface area contributed by atoms with Crippen LogP contribution in [0.15, 0.2) is 36.4 Å². The maximum Gasteiger partial charge on any atom is 0.229 e. The normalized spacial score (nSPS) is 20.4. The Balaban J connectivity index is 1.51. The van der Waals surface area contributed by atoms with E-state index in [-0.39, 0.29) is 24.3 Å². The number of hydrogen-bond acceptors (Lipinski definition) is 4. The van der Waals surface area contributed by atoms with Gasteiger partial charge in [-0.1, -0.05) is 17.7 Å². The van der Waals surface area contributed by atoms with Crippen LogP contribution in [0.1, 0.15) is 25.8 Å². The van der Waals surface area contributed by atoms with Crippen molar-refractivity contribution in [2.45, 2.75) is 32.8 Å². The van der Waals surface area contributed by atoms with Crippen molar-refractivity contribution in [3.8, 4) is 11.5 Å². The molecule has 2 heterocycles. The molecule has 2 amide bonds. The highest BCUT2D eigenvalue weighted by Crippen LogP contribution is 2.38. The molecule has 1 fully saturated rings. The molecular formula is C22H23ClN2O4. The Labute approximate surface area is 174 Å². The van der Waals surface area contributed by atoms with E-state index in [1.807, 2.05) is 32.0 Å². The Morgan fingerprint density at radius 1 is 1.31 bits per heavy atom. The van der Waals surface area contributed by atoms with E-state index >= 15 is 0 Å². The third-order valence-corrected chi connectivity index (χ3v) is 5.41. The highest BCUT2D eigenvalue weighted by molar-refractivity contribution is 6.31. The van der Waals surface area contributed by atoms with Gasteiger partial charge in [0.15, 0.2) is 0 Å². The van der Waals surface area contributed by atoms with Gasteiger partial charge in [-0.3, -0.25) is 9.59 Å². The highest BCUT2D eigenvalue weighted by atomic mass is 35.5. The molecule has 2 atom stereocenters. The van der Waals surface area contributed by atoms with Gasteiger partial charge in [0.2, 0.25) is 11.8 Å². The second-order valence-corrected chi connectivity index (χ2v) is 7.83. The van der Waals surface area contributed by atoms with Crippen molar-refractivity contribution in [2.24, 2.45) is 5.92 Å². The van der Waals surface area contributed by atoms with Crippen LogP contribution in [0.4, 0.5) is 11.4 Å². The second-order valence-electron chi connectivity index (χ2n) is 7.40. The van der Waals surface area contributed by atoms with Gasteiger partial charge in [0.25, 0.3) is 0 Å². The molecule has 1 saturated heterocycles. The number of hydrogen-bond donors (Lipinski definition) is 1. The van der Waals surface area contributed by atoms with Crippen LogP contribution in [0.2, 0.25) is 5.02 Å². The molecule has 4 rings (SSSR count). The molecule has 0 spiro atoms. The summed E-state index contributed by atoms with van der Waals surface area (Å²) in [5.41, 5.74) is 2.34. The zero-order chi connectivity index (χ0) is 20.5. The lowest BCUT2D eigenvalue weighted by molar-refractivity contribution is -0.122. The van der Waals surface area contributed by atoms with Gasteiger partial charge in [-0.2, -0.15) is 0 Å². The summed E-state index contributed by atoms with van der Waals surface area (Å²) in [5, 5.41) is 3.49. The lowest BCUT2D eigenvalue weighted by Gasteiger charge is -2.18. The average Bonchev–Trinajstić information content (AvgIpc) is 3.23. The Bertz CT molecular complexity index is 962. The first-order valence-electron chi connectivity index (χ1n) is 9.77. The van der Waals surface area contributed by atoms with Crippen LogP contribution < -0.4 is 19.7 Å². The molecule has 29 heavy (non-hydrogen) atoms. The van der Waals surface area contributed by atoms with Crippen LogP contribution >= 0.6 is 11.6 Å². The summed E-state index contributed by atoms with van der Waals surface area (Å²) in [5.74, 6) is 0.620. The number of fused-ring (bicyclic) bond motifs is 1. The van der Waals surface area contributed by atoms with E-state index in [4.69, 9.17) is 21.1 Å². The first kappa shape index (κ1) is 19.6. The van der Waals surface area contributed by atoms with Crippen molar-refractivity contribution >= 4 is 34.8 Å². The predicted octanol–water partition coefficient (Wildman–Crippen LogP) is 4.05. The van der Waals surface area contributed by atoms with E-state index in [1.165, 1.54) is 0 Å². The van der Waals surface area contributed by atoms with Gasteiger partial charge in [-0.05, 0) is 38.1 Å². The quantitative estimate of drug-likeness (QED) is 0.801. The molecular weight excluding hydrogens is 392 g/mol. The Morgan fingerprint density at radius 3 is 2.90 bits per heavy atom. The molecule has 0 saturated carbocycles. The molecule has 2 aliphatic rings. The molecule has 6 nitrogen and oxygen atoms in total. The number of carbonyl (C=O) groups is 2. The zero-order valence-electron chi connectivity index (χ0n) is 16.4. The van der Waals surface area contributed by atoms with Gasteiger partial charge in [-0.25, -0.2) is 0 Å². The van der Waals surface area contributed by atoms with E-state index in [2.05, 4.69) is 5.32 Å². The first-order chi connectivity index (χ1) is 13.9. The minimum atomic E-state index is -0.455. The zero-order valence-corrected chi connectivity index (χ0v) is 17.2. The van der Waals surface area contributed by atoms with Crippen molar-refractivity contribution < 1.29 is 19.1 Å². The lowest BCUT2D eigenvalue weighted by atomic mass is 10.1. The van der Waals surface area contributed by atoms with Crippen LogP contribution in [-0.2, 0) is 16.0 Å². The number of rotatable bonds is 5. The molecule has 0 radical (unpaired) electrons. The molecule has 2 aromatic carbocycles. The summed E-state index contributed by atoms with van der Waals surface area (Å²) in [6.07, 6.45) is 1.07. The van der Waals surface area contributed by atoms with Crippen molar-refractivity contribution in [2.75, 3.05) is 23.4 Å². The van der Waals surface area contributed by atoms with E-state index in [0.29, 0.717) is 35.3 Å². The maximum absolute atomic E-state index is 12.9. The van der Waals surface area contributed by atoms with E-state index < -0.39 is 5.92 Å². The van der Waals surface area contributed by atoms with Gasteiger partial charge < -0.3 is 19.7 Å². The van der Waals surface area contributed by atoms with Crippen molar-refractivity contribution in [3.63, 3.8) is 0 Å². The Morgan fingerprint density at radius 2 is 2.14 bits per heavy atom. The molecule has 152 valence electrons. The summed E-state index contributed by atoms with van der Waals surface area (Å²) in [4.78, 5) is 27.0. The second kappa shape index (κ2) is 7.95. The van der Waals surface area contributed by atoms with E-state index in [0.717, 1.165) is 17.7 Å². The number of halogens is 1. The molecule has 0 aliphatic carbocycles. The van der Waals surface area contributed by atoms with Crippen molar-refractivity contribution in [1.29, 1.82) is 0 Å². The minimum absolute atomic E-state index is 0.0939. The van der Waals surface area contributed by atoms with Crippen molar-refractivity contribution in [1.82, 2.24) is 0 Å². The highest BCUT2D eigenvalue weighted by Gasteiger charge is 2.35. The van der Waals surface area contributed by atoms with Crippen molar-refractivity contribution in [3.05, 3.63) is 47.0 Å². The minimum Gasteiger partial charge on any atom is -0.492 e. The number of anilines is 2. The number of benzene rings is 2. The first-order valence-corrected chi connectivity index (χ1v) is 10.2. The number of ether oxygens (including phenoxy) is 2. The lowest BCUT2D eigenvalue weighted by Crippen LogP contribution is -2.28. The van der Waals surface area contributed by atoms with Crippen LogP contribution in [0, 0.1) is 5.92 Å². The van der Waals surface area contributed by atoms with Gasteiger partial charge in [0.05, 0.1) is 18.2 Å². The van der Waals surface area contributed by atoms with Crippen LogP contribution in [0.25, 0.3) is 0 Å². The topological polar surface area (TPSA) is 67.9 Å². The molecule has 0 bridgehead atoms. The summed E-state index contributed by atoms with van der Waals surface area (Å²) in [6.45, 7) is 4.71. The smallest absolute Gasteiger partial charge is 0.229 e. The SMILES string of the molecule is CCOc1cc2c(cc1NC(=O)C1CC(=O)N(c3cccc(Cl)c3)C1)OC(C)C2. The predicted molar refractivity (Wildman–Crippen MR) is 112 cm³/mol. The van der Waals surface area contributed by atoms with Crippen LogP contribution in [-0.4, -0.2) is 31.1 Å². The summed E-state index contributed by atoms with van der Waals surface area (Å²) >= 11 is 6.04. The standard InChI is InChI=1S/C22H23ClN2O4/c1-3-28-20-8-14-7-13(2)29-19(14)11-18(20)24-22(27)15-9-21(26)25(12-15)17-6-4-5-16(23)10-17/h4-6,8,10-11,13,15H,3,7,9,12H2,1-2H3,(H,24,27). The molecule has 1 N–H and O–H groups in total. The fourth-order valence-electron chi connectivity index (χ4n) is 3.82. The number of nitrogens with zero attached hydrogens (tertiary/aromatic N) is 1. The molecule has 2 unspecified atom stereocenters. The largest absolute Gasteiger partial charge is 0.492 e. The summed E-state index contributed by atoms with van der Waals surface area (Å²) in [7, 11) is 0. The fourth-order valence-corrected chi connectivity index (χ4v) is 4.01. The van der Waals surface area contributed by atoms with Gasteiger partial charge >= 0.3 is 0 Å². The number of amides is 2. The molecule has 7 heteroatoms. The van der Waals surface area contributed by atoms with Gasteiger partial charge in [0.1, 0.15) is 17.6 Å². The Hall–Kier alpha value is -2.73. The van der Waals surface area contributed by atoms with E-state index in [1.54, 1.807) is 23.1 Å². The fraction of sp³-hybridized carbons (Fsp3) is 0.364. The number of carbonyl (C=O) groups excluding carboxylic acids is 2. The van der Waals surface area contributed by atoms with E-state index in [9.17, 15) is 9.59 Å². The van der Waals surface area contributed by atoms with Crippen LogP contribution in [0.3, 0.4) is 0 Å². The third-order valence-electron chi connectivity index (χ3n) is 5.17. The molecule has 2 aliphatic heterocycles. The molecule has 0 aromatic heterocycles. The molecule has 2 aromatic rings.